The quantitative estimate of drug-likeness (QED) is 0.362. The van der Waals surface area contributed by atoms with E-state index in [1.807, 2.05) is 12.1 Å². The molecule has 25 heavy (non-hydrogen) atoms. The molecule has 2 aromatic carbocycles. The summed E-state index contributed by atoms with van der Waals surface area (Å²) in [6.07, 6.45) is 0. The van der Waals surface area contributed by atoms with Crippen molar-refractivity contribution in [1.29, 1.82) is 10.8 Å². The van der Waals surface area contributed by atoms with Crippen LogP contribution >= 0.6 is 52.3 Å². The number of hydrogen-bond acceptors (Lipinski definition) is 5. The van der Waals surface area contributed by atoms with E-state index in [1.54, 1.807) is 11.8 Å². The molecule has 8 heteroatoms. The van der Waals surface area contributed by atoms with E-state index in [9.17, 15) is 0 Å². The second-order valence-corrected chi connectivity index (χ2v) is 8.24. The molecule has 0 unspecified atom stereocenters. The number of amidine groups is 2. The average molecular weight is 457 g/mol. The summed E-state index contributed by atoms with van der Waals surface area (Å²) >= 11 is 4.37. The number of aryl methyl sites for hydroxylation is 1. The molecule has 0 heterocycles. The van der Waals surface area contributed by atoms with Crippen LogP contribution in [0.15, 0.2) is 52.3 Å². The topological polar surface area (TPSA) is 99.7 Å². The van der Waals surface area contributed by atoms with E-state index in [1.165, 1.54) is 34.7 Å². The fourth-order valence-electron chi connectivity index (χ4n) is 2.07. The van der Waals surface area contributed by atoms with E-state index >= 15 is 0 Å². The van der Waals surface area contributed by atoms with Crippen molar-refractivity contribution < 1.29 is 0 Å². The maximum absolute atomic E-state index is 7.42. The zero-order valence-corrected chi connectivity index (χ0v) is 17.9. The van der Waals surface area contributed by atoms with E-state index in [2.05, 4.69) is 37.3 Å². The average Bonchev–Trinajstić information content (AvgIpc) is 2.54. The Morgan fingerprint density at radius 1 is 0.880 bits per heavy atom. The van der Waals surface area contributed by atoms with Crippen LogP contribution in [0.4, 0.5) is 0 Å². The van der Waals surface area contributed by atoms with E-state index in [-0.39, 0.29) is 27.3 Å². The number of halogens is 1. The minimum Gasteiger partial charge on any atom is -0.379 e. The third-order valence-electron chi connectivity index (χ3n) is 3.17. The molecule has 134 valence electrons. The van der Waals surface area contributed by atoms with Gasteiger partial charge in [-0.25, -0.2) is 0 Å². The third-order valence-corrected chi connectivity index (χ3v) is 5.94. The summed E-state index contributed by atoms with van der Waals surface area (Å²) in [5.74, 6) is 1.37. The molecule has 0 aliphatic heterocycles. The van der Waals surface area contributed by atoms with Gasteiger partial charge in [0.25, 0.3) is 0 Å². The maximum atomic E-state index is 7.42. The van der Waals surface area contributed by atoms with Gasteiger partial charge in [-0.05, 0) is 30.2 Å². The third kappa shape index (κ3) is 7.35. The second-order valence-electron chi connectivity index (χ2n) is 5.13. The van der Waals surface area contributed by atoms with Crippen LogP contribution in [-0.2, 0) is 11.5 Å². The summed E-state index contributed by atoms with van der Waals surface area (Å²) in [7, 11) is 0. The Labute approximate surface area is 171 Å². The predicted octanol–water partition coefficient (Wildman–Crippen LogP) is 4.98. The standard InChI is InChI=1S/C17H20N4S3.BrH/c1-11-6-7-15(13(8-11)10-23-17(20)21)24-14-5-3-2-4-12(14)9-22-16(18)19;/h2-8H,9-10H2,1H3,(H3,18,19)(H3,20,21);1H. The number of nitrogens with one attached hydrogen (secondary N) is 2. The van der Waals surface area contributed by atoms with Gasteiger partial charge >= 0.3 is 0 Å². The van der Waals surface area contributed by atoms with E-state index in [0.29, 0.717) is 11.5 Å². The molecule has 4 nitrogen and oxygen atoms in total. The first-order valence-corrected chi connectivity index (χ1v) is 10.0. The molecule has 0 aromatic heterocycles. The van der Waals surface area contributed by atoms with Crippen molar-refractivity contribution in [2.45, 2.75) is 28.2 Å². The van der Waals surface area contributed by atoms with Crippen LogP contribution in [0.3, 0.4) is 0 Å². The first kappa shape index (κ1) is 22.0. The summed E-state index contributed by atoms with van der Waals surface area (Å²) in [5.41, 5.74) is 14.5. The smallest absolute Gasteiger partial charge is 0.151 e. The molecular formula is C17H21BrN4S3. The van der Waals surface area contributed by atoms with Gasteiger partial charge in [0.15, 0.2) is 10.3 Å². The van der Waals surface area contributed by atoms with Gasteiger partial charge in [0, 0.05) is 21.3 Å². The molecule has 0 atom stereocenters. The number of thioether (sulfide) groups is 2. The van der Waals surface area contributed by atoms with Crippen molar-refractivity contribution in [2.24, 2.45) is 11.5 Å². The molecule has 0 amide bonds. The summed E-state index contributed by atoms with van der Waals surface area (Å²) in [6.45, 7) is 2.06. The molecule has 6 N–H and O–H groups in total. The van der Waals surface area contributed by atoms with Crippen LogP contribution in [0, 0.1) is 17.7 Å². The fraction of sp³-hybridized carbons (Fsp3) is 0.176. The summed E-state index contributed by atoms with van der Waals surface area (Å²) in [4.78, 5) is 2.32. The van der Waals surface area contributed by atoms with Gasteiger partial charge in [-0.15, -0.1) is 17.0 Å². The molecular weight excluding hydrogens is 436 g/mol. The van der Waals surface area contributed by atoms with Crippen LogP contribution in [-0.4, -0.2) is 10.3 Å². The Morgan fingerprint density at radius 3 is 2.08 bits per heavy atom. The van der Waals surface area contributed by atoms with Crippen molar-refractivity contribution in [2.75, 3.05) is 0 Å². The van der Waals surface area contributed by atoms with E-state index < -0.39 is 0 Å². The fourth-order valence-corrected chi connectivity index (χ4v) is 4.42. The summed E-state index contributed by atoms with van der Waals surface area (Å²) in [5, 5.41) is 15.1. The molecule has 2 aromatic rings. The molecule has 2 rings (SSSR count). The van der Waals surface area contributed by atoms with Gasteiger partial charge in [0.05, 0.1) is 0 Å². The molecule has 0 bridgehead atoms. The van der Waals surface area contributed by atoms with Gasteiger partial charge in [-0.1, -0.05) is 71.2 Å². The minimum atomic E-state index is 0. The molecule has 0 spiro atoms. The number of nitrogens with two attached hydrogens (primary N) is 2. The highest BCUT2D eigenvalue weighted by atomic mass is 79.9. The Hall–Kier alpha value is -1.09. The Bertz CT molecular complexity index is 752. The monoisotopic (exact) mass is 456 g/mol. The SMILES string of the molecule is Br.Cc1ccc(Sc2ccccc2CSC(=N)N)c(CSC(=N)N)c1. The molecule has 0 saturated heterocycles. The van der Waals surface area contributed by atoms with Crippen LogP contribution in [0.25, 0.3) is 0 Å². The zero-order valence-electron chi connectivity index (χ0n) is 13.7. The largest absolute Gasteiger partial charge is 0.379 e. The zero-order chi connectivity index (χ0) is 17.5. The Balaban J connectivity index is 0.00000312. The highest BCUT2D eigenvalue weighted by Gasteiger charge is 2.10. The molecule has 0 aliphatic rings. The lowest BCUT2D eigenvalue weighted by atomic mass is 10.2. The lowest BCUT2D eigenvalue weighted by Gasteiger charge is -2.13. The Kier molecular flexibility index (Phi) is 9.48. The van der Waals surface area contributed by atoms with Gasteiger partial charge in [0.1, 0.15) is 0 Å². The molecule has 0 radical (unpaired) electrons. The van der Waals surface area contributed by atoms with Crippen molar-refractivity contribution in [3.8, 4) is 0 Å². The lowest BCUT2D eigenvalue weighted by molar-refractivity contribution is 1.22. The number of rotatable bonds is 6. The highest BCUT2D eigenvalue weighted by molar-refractivity contribution is 8.93. The molecule has 0 fully saturated rings. The highest BCUT2D eigenvalue weighted by Crippen LogP contribution is 2.35. The first-order valence-electron chi connectivity index (χ1n) is 7.24. The maximum Gasteiger partial charge on any atom is 0.151 e. The number of hydrogen-bond donors (Lipinski definition) is 4. The van der Waals surface area contributed by atoms with Crippen molar-refractivity contribution in [3.63, 3.8) is 0 Å². The first-order chi connectivity index (χ1) is 11.5. The van der Waals surface area contributed by atoms with Crippen LogP contribution in [0.5, 0.6) is 0 Å². The Morgan fingerprint density at radius 2 is 1.44 bits per heavy atom. The van der Waals surface area contributed by atoms with Gasteiger partial charge < -0.3 is 11.5 Å². The summed E-state index contributed by atoms with van der Waals surface area (Å²) < 4.78 is 0. The van der Waals surface area contributed by atoms with Gasteiger partial charge in [-0.3, -0.25) is 10.8 Å². The second kappa shape index (κ2) is 10.8. The van der Waals surface area contributed by atoms with E-state index in [0.717, 1.165) is 15.4 Å². The molecule has 0 aliphatic carbocycles. The normalized spacial score (nSPS) is 10.1. The van der Waals surface area contributed by atoms with Crippen LogP contribution in [0.1, 0.15) is 16.7 Å². The number of benzene rings is 2. The minimum absolute atomic E-state index is 0. The van der Waals surface area contributed by atoms with Crippen LogP contribution in [0.2, 0.25) is 0 Å². The van der Waals surface area contributed by atoms with Crippen LogP contribution < -0.4 is 11.5 Å². The van der Waals surface area contributed by atoms with Crippen molar-refractivity contribution >= 4 is 62.6 Å². The van der Waals surface area contributed by atoms with E-state index in [4.69, 9.17) is 22.3 Å². The summed E-state index contributed by atoms with van der Waals surface area (Å²) in [6, 6.07) is 14.5. The lowest BCUT2D eigenvalue weighted by Crippen LogP contribution is -2.04. The van der Waals surface area contributed by atoms with Crippen molar-refractivity contribution in [3.05, 3.63) is 59.2 Å². The van der Waals surface area contributed by atoms with Gasteiger partial charge in [-0.2, -0.15) is 0 Å². The van der Waals surface area contributed by atoms with Gasteiger partial charge in [0.2, 0.25) is 0 Å². The van der Waals surface area contributed by atoms with Crippen molar-refractivity contribution in [1.82, 2.24) is 0 Å². The molecule has 0 saturated carbocycles. The predicted molar refractivity (Wildman–Crippen MR) is 118 cm³/mol.